The summed E-state index contributed by atoms with van der Waals surface area (Å²) >= 11 is 0. The van der Waals surface area contributed by atoms with Crippen molar-refractivity contribution >= 4 is 5.96 Å². The molecule has 1 aliphatic rings. The Morgan fingerprint density at radius 2 is 2.09 bits per heavy atom. The number of hydrogen-bond acceptors (Lipinski definition) is 4. The van der Waals surface area contributed by atoms with Gasteiger partial charge in [0, 0.05) is 32.7 Å². The molecule has 1 atom stereocenters. The van der Waals surface area contributed by atoms with Crippen LogP contribution in [0.1, 0.15) is 12.0 Å². The topological polar surface area (TPSA) is 64.1 Å². The first-order valence-corrected chi connectivity index (χ1v) is 7.50. The van der Waals surface area contributed by atoms with Crippen molar-refractivity contribution in [1.29, 1.82) is 0 Å². The first-order chi connectivity index (χ1) is 10.8. The van der Waals surface area contributed by atoms with Gasteiger partial charge >= 0.3 is 0 Å². The van der Waals surface area contributed by atoms with E-state index in [0.29, 0.717) is 12.5 Å². The maximum Gasteiger partial charge on any atom is 0.191 e. The van der Waals surface area contributed by atoms with Crippen molar-refractivity contribution in [2.24, 2.45) is 10.9 Å². The lowest BCUT2D eigenvalue weighted by molar-refractivity contribution is 0.186. The second-order valence-electron chi connectivity index (χ2n) is 5.23. The zero-order valence-electron chi connectivity index (χ0n) is 13.5. The number of benzene rings is 1. The molecule has 1 saturated heterocycles. The summed E-state index contributed by atoms with van der Waals surface area (Å²) in [7, 11) is 5.04. The van der Waals surface area contributed by atoms with Crippen molar-refractivity contribution in [3.63, 3.8) is 0 Å². The average molecular weight is 307 g/mol. The molecule has 0 spiro atoms. The maximum absolute atomic E-state index is 5.37. The molecule has 1 aromatic rings. The molecule has 1 fully saturated rings. The van der Waals surface area contributed by atoms with Crippen molar-refractivity contribution in [1.82, 2.24) is 10.6 Å². The fourth-order valence-corrected chi connectivity index (χ4v) is 2.38. The number of nitrogens with zero attached hydrogens (tertiary/aromatic N) is 1. The van der Waals surface area contributed by atoms with E-state index in [1.807, 2.05) is 18.2 Å². The van der Waals surface area contributed by atoms with E-state index in [1.54, 1.807) is 21.3 Å². The Kier molecular flexibility index (Phi) is 6.33. The smallest absolute Gasteiger partial charge is 0.191 e. The highest BCUT2D eigenvalue weighted by Crippen LogP contribution is 2.27. The molecule has 2 N–H and O–H groups in total. The van der Waals surface area contributed by atoms with Gasteiger partial charge in [0.2, 0.25) is 0 Å². The quantitative estimate of drug-likeness (QED) is 0.614. The van der Waals surface area contributed by atoms with E-state index in [9.17, 15) is 0 Å². The van der Waals surface area contributed by atoms with Gasteiger partial charge in [-0.05, 0) is 24.1 Å². The number of guanidine groups is 1. The van der Waals surface area contributed by atoms with Crippen LogP contribution in [0.15, 0.2) is 23.2 Å². The number of aliphatic imine (C=N–C) groups is 1. The molecule has 6 nitrogen and oxygen atoms in total. The number of hydrogen-bond donors (Lipinski definition) is 2. The predicted molar refractivity (Wildman–Crippen MR) is 86.7 cm³/mol. The highest BCUT2D eigenvalue weighted by atomic mass is 16.5. The standard InChI is InChI=1S/C16H25N3O3/c1-17-16(19-10-13-6-7-22-11-13)18-9-12-4-5-14(20-2)15(8-12)21-3/h4-5,8,13H,6-7,9-11H2,1-3H3,(H2,17,18,19). The monoisotopic (exact) mass is 307 g/mol. The molecule has 0 aliphatic carbocycles. The summed E-state index contributed by atoms with van der Waals surface area (Å²) in [6.45, 7) is 3.25. The van der Waals surface area contributed by atoms with Gasteiger partial charge in [-0.15, -0.1) is 0 Å². The first kappa shape index (κ1) is 16.4. The predicted octanol–water partition coefficient (Wildman–Crippen LogP) is 1.41. The average Bonchev–Trinajstić information content (AvgIpc) is 3.08. The van der Waals surface area contributed by atoms with Gasteiger partial charge in [-0.2, -0.15) is 0 Å². The summed E-state index contributed by atoms with van der Waals surface area (Å²) < 4.78 is 15.9. The first-order valence-electron chi connectivity index (χ1n) is 7.50. The Bertz CT molecular complexity index is 499. The molecule has 6 heteroatoms. The largest absolute Gasteiger partial charge is 0.493 e. The highest BCUT2D eigenvalue weighted by molar-refractivity contribution is 5.79. The molecule has 0 saturated carbocycles. The maximum atomic E-state index is 5.37. The SMILES string of the molecule is CN=C(NCc1ccc(OC)c(OC)c1)NCC1CCOC1. The zero-order chi connectivity index (χ0) is 15.8. The molecule has 1 heterocycles. The lowest BCUT2D eigenvalue weighted by atomic mass is 10.1. The van der Waals surface area contributed by atoms with E-state index in [-0.39, 0.29) is 0 Å². The van der Waals surface area contributed by atoms with Crippen LogP contribution in [0.4, 0.5) is 0 Å². The van der Waals surface area contributed by atoms with E-state index in [2.05, 4.69) is 15.6 Å². The van der Waals surface area contributed by atoms with Gasteiger partial charge < -0.3 is 24.8 Å². The van der Waals surface area contributed by atoms with Gasteiger partial charge in [0.05, 0.1) is 20.8 Å². The molecule has 22 heavy (non-hydrogen) atoms. The molecule has 2 rings (SSSR count). The minimum Gasteiger partial charge on any atom is -0.493 e. The molecule has 0 amide bonds. The van der Waals surface area contributed by atoms with Crippen molar-refractivity contribution in [2.45, 2.75) is 13.0 Å². The number of ether oxygens (including phenoxy) is 3. The van der Waals surface area contributed by atoms with E-state index < -0.39 is 0 Å². The van der Waals surface area contributed by atoms with Gasteiger partial charge in [-0.1, -0.05) is 6.07 Å². The molecule has 0 radical (unpaired) electrons. The molecule has 122 valence electrons. The van der Waals surface area contributed by atoms with Gasteiger partial charge in [-0.3, -0.25) is 4.99 Å². The van der Waals surface area contributed by atoms with E-state index in [0.717, 1.165) is 49.2 Å². The second-order valence-corrected chi connectivity index (χ2v) is 5.23. The Hall–Kier alpha value is -1.95. The minimum absolute atomic E-state index is 0.569. The Morgan fingerprint density at radius 3 is 2.73 bits per heavy atom. The Balaban J connectivity index is 1.84. The molecule has 1 aliphatic heterocycles. The number of nitrogens with one attached hydrogen (secondary N) is 2. The Morgan fingerprint density at radius 1 is 1.27 bits per heavy atom. The van der Waals surface area contributed by atoms with Gasteiger partial charge in [-0.25, -0.2) is 0 Å². The molecule has 1 unspecified atom stereocenters. The fraction of sp³-hybridized carbons (Fsp3) is 0.562. The van der Waals surface area contributed by atoms with E-state index in [1.165, 1.54) is 0 Å². The van der Waals surface area contributed by atoms with Crippen LogP contribution in [0, 0.1) is 5.92 Å². The molecule has 1 aromatic carbocycles. The molecule has 0 bridgehead atoms. The van der Waals surface area contributed by atoms with E-state index in [4.69, 9.17) is 14.2 Å². The van der Waals surface area contributed by atoms with Crippen molar-refractivity contribution in [3.8, 4) is 11.5 Å². The molecular formula is C16H25N3O3. The lowest BCUT2D eigenvalue weighted by Gasteiger charge is -2.15. The number of methoxy groups -OCH3 is 2. The van der Waals surface area contributed by atoms with Gasteiger partial charge in [0.25, 0.3) is 0 Å². The summed E-state index contributed by atoms with van der Waals surface area (Å²) in [5, 5.41) is 6.64. The summed E-state index contributed by atoms with van der Waals surface area (Å²) in [6, 6.07) is 5.87. The van der Waals surface area contributed by atoms with Crippen LogP contribution in [0.5, 0.6) is 11.5 Å². The van der Waals surface area contributed by atoms with Crippen LogP contribution in [-0.2, 0) is 11.3 Å². The van der Waals surface area contributed by atoms with Crippen LogP contribution in [0.25, 0.3) is 0 Å². The second kappa shape index (κ2) is 8.48. The summed E-state index contributed by atoms with van der Waals surface area (Å²) in [5.41, 5.74) is 1.10. The van der Waals surface area contributed by atoms with Crippen LogP contribution in [-0.4, -0.2) is 47.0 Å². The highest BCUT2D eigenvalue weighted by Gasteiger charge is 2.15. The van der Waals surface area contributed by atoms with Crippen LogP contribution < -0.4 is 20.1 Å². The third-order valence-electron chi connectivity index (χ3n) is 3.71. The summed E-state index contributed by atoms with van der Waals surface area (Å²) in [5.74, 6) is 2.82. The normalized spacial score (nSPS) is 18.1. The number of rotatable bonds is 6. The van der Waals surface area contributed by atoms with Crippen LogP contribution in [0.3, 0.4) is 0 Å². The van der Waals surface area contributed by atoms with Crippen LogP contribution in [0.2, 0.25) is 0 Å². The lowest BCUT2D eigenvalue weighted by Crippen LogP contribution is -2.39. The minimum atomic E-state index is 0.569. The van der Waals surface area contributed by atoms with Crippen LogP contribution >= 0.6 is 0 Å². The molecular weight excluding hydrogens is 282 g/mol. The van der Waals surface area contributed by atoms with Gasteiger partial charge in [0.15, 0.2) is 17.5 Å². The molecule has 0 aromatic heterocycles. The van der Waals surface area contributed by atoms with Gasteiger partial charge in [0.1, 0.15) is 0 Å². The van der Waals surface area contributed by atoms with Crippen molar-refractivity contribution < 1.29 is 14.2 Å². The summed E-state index contributed by atoms with van der Waals surface area (Å²) in [6.07, 6.45) is 1.11. The van der Waals surface area contributed by atoms with Crippen molar-refractivity contribution in [2.75, 3.05) is 41.0 Å². The Labute approximate surface area is 131 Å². The van der Waals surface area contributed by atoms with Crippen molar-refractivity contribution in [3.05, 3.63) is 23.8 Å². The fourth-order valence-electron chi connectivity index (χ4n) is 2.38. The zero-order valence-corrected chi connectivity index (χ0v) is 13.5. The third-order valence-corrected chi connectivity index (χ3v) is 3.71. The summed E-state index contributed by atoms with van der Waals surface area (Å²) in [4.78, 5) is 4.24. The van der Waals surface area contributed by atoms with E-state index >= 15 is 0 Å². The third kappa shape index (κ3) is 4.53.